The summed E-state index contributed by atoms with van der Waals surface area (Å²) in [6.07, 6.45) is 2.32. The topological polar surface area (TPSA) is 194 Å². The van der Waals surface area contributed by atoms with Gasteiger partial charge in [0.25, 0.3) is 11.4 Å². The van der Waals surface area contributed by atoms with Crippen LogP contribution in [0.25, 0.3) is 0 Å². The third-order valence-electron chi connectivity index (χ3n) is 4.11. The average molecular weight is 641 g/mol. The summed E-state index contributed by atoms with van der Waals surface area (Å²) in [5, 5.41) is 24.1. The van der Waals surface area contributed by atoms with Gasteiger partial charge in [-0.3, -0.25) is 25.0 Å². The van der Waals surface area contributed by atoms with Gasteiger partial charge < -0.3 is 19.2 Å². The smallest absolute Gasteiger partial charge is 0.351 e. The highest BCUT2D eigenvalue weighted by Crippen LogP contribution is 2.30. The van der Waals surface area contributed by atoms with E-state index in [1.54, 1.807) is 11.4 Å². The maximum atomic E-state index is 11.4. The molecule has 0 saturated heterocycles. The maximum absolute atomic E-state index is 11.4. The van der Waals surface area contributed by atoms with Gasteiger partial charge in [-0.2, -0.15) is 0 Å². The first kappa shape index (κ1) is 30.7. The van der Waals surface area contributed by atoms with Gasteiger partial charge in [0.1, 0.15) is 4.88 Å². The highest BCUT2D eigenvalue weighted by molar-refractivity contribution is 9.10. The van der Waals surface area contributed by atoms with Gasteiger partial charge in [-0.05, 0) is 38.8 Å². The number of methoxy groups -OCH3 is 2. The number of hydrogen-bond acceptors (Lipinski definition) is 13. The molecular formula is C22H17BrN4O10S2. The number of carbonyl (C=O) groups is 2. The van der Waals surface area contributed by atoms with Crippen LogP contribution in [-0.2, 0) is 9.47 Å². The van der Waals surface area contributed by atoms with Gasteiger partial charge in [0.05, 0.1) is 36.3 Å². The van der Waals surface area contributed by atoms with Gasteiger partial charge in [0.15, 0.2) is 10.6 Å². The normalized spacial score (nSPS) is 9.62. The third kappa shape index (κ3) is 9.40. The molecule has 39 heavy (non-hydrogen) atoms. The standard InChI is InChI=1S/C11H8N2O5S.C6H5BrO2S.C5H4N2O3/c1-17-11(14)10-8(3-5-19-10)18-9-6-7(13(15)16)2-4-12-9;1-9-6(8)5-4(7)2-3-10-5;8-5-2-1-4(3-6-5)7(9)10/h2-6H,1H3;2-3H,1H3;1-3H,(H,6,8). The van der Waals surface area contributed by atoms with Crippen molar-refractivity contribution in [2.45, 2.75) is 0 Å². The zero-order valence-corrected chi connectivity index (χ0v) is 23.1. The Morgan fingerprint density at radius 2 is 1.54 bits per heavy atom. The molecule has 0 fully saturated rings. The van der Waals surface area contributed by atoms with Crippen molar-refractivity contribution in [2.24, 2.45) is 0 Å². The number of carbonyl (C=O) groups excluding carboxylic acids is 2. The third-order valence-corrected chi connectivity index (χ3v) is 6.80. The molecule has 204 valence electrons. The van der Waals surface area contributed by atoms with Gasteiger partial charge in [-0.1, -0.05) is 0 Å². The zero-order valence-electron chi connectivity index (χ0n) is 19.9. The second kappa shape index (κ2) is 15.1. The van der Waals surface area contributed by atoms with Crippen LogP contribution >= 0.6 is 38.6 Å². The van der Waals surface area contributed by atoms with Crippen molar-refractivity contribution in [1.29, 1.82) is 0 Å². The van der Waals surface area contributed by atoms with Crippen molar-refractivity contribution in [1.82, 2.24) is 9.97 Å². The number of esters is 2. The van der Waals surface area contributed by atoms with E-state index < -0.39 is 15.8 Å². The molecule has 4 aromatic heterocycles. The number of aromatic nitrogens is 2. The summed E-state index contributed by atoms with van der Waals surface area (Å²) in [5.41, 5.74) is -0.593. The van der Waals surface area contributed by atoms with Crippen LogP contribution in [0, 0.1) is 20.2 Å². The lowest BCUT2D eigenvalue weighted by atomic mass is 10.4. The van der Waals surface area contributed by atoms with E-state index in [4.69, 9.17) is 4.74 Å². The molecule has 4 heterocycles. The minimum absolute atomic E-state index is 0.0396. The van der Waals surface area contributed by atoms with Crippen molar-refractivity contribution in [3.8, 4) is 11.6 Å². The van der Waals surface area contributed by atoms with Crippen LogP contribution in [-0.4, -0.2) is 46.0 Å². The monoisotopic (exact) mass is 640 g/mol. The second-order valence-corrected chi connectivity index (χ2v) is 9.26. The van der Waals surface area contributed by atoms with Crippen LogP contribution in [0.5, 0.6) is 11.6 Å². The van der Waals surface area contributed by atoms with Crippen molar-refractivity contribution < 1.29 is 33.6 Å². The number of hydrogen-bond donors (Lipinski definition) is 1. The van der Waals surface area contributed by atoms with Crippen LogP contribution in [0.1, 0.15) is 19.3 Å². The lowest BCUT2D eigenvalue weighted by Crippen LogP contribution is -2.02. The molecule has 4 rings (SSSR count). The molecule has 0 bridgehead atoms. The fourth-order valence-corrected chi connectivity index (χ4v) is 4.53. The van der Waals surface area contributed by atoms with E-state index in [2.05, 4.69) is 35.4 Å². The van der Waals surface area contributed by atoms with Crippen LogP contribution in [0.3, 0.4) is 0 Å². The van der Waals surface area contributed by atoms with Crippen LogP contribution in [0.15, 0.2) is 68.8 Å². The molecule has 0 radical (unpaired) electrons. The summed E-state index contributed by atoms with van der Waals surface area (Å²) in [7, 11) is 2.63. The molecule has 4 aromatic rings. The number of halogens is 1. The largest absolute Gasteiger partial charge is 0.465 e. The highest BCUT2D eigenvalue weighted by atomic mass is 79.9. The average Bonchev–Trinajstić information content (AvgIpc) is 3.57. The first-order chi connectivity index (χ1) is 18.6. The first-order valence-corrected chi connectivity index (χ1v) is 12.7. The van der Waals surface area contributed by atoms with Crippen molar-refractivity contribution in [2.75, 3.05) is 14.2 Å². The van der Waals surface area contributed by atoms with E-state index in [0.29, 0.717) is 4.88 Å². The molecule has 14 nitrogen and oxygen atoms in total. The molecule has 0 aromatic carbocycles. The Hall–Kier alpha value is -4.48. The fraction of sp³-hybridized carbons (Fsp3) is 0.0909. The second-order valence-electron chi connectivity index (χ2n) is 6.57. The first-order valence-electron chi connectivity index (χ1n) is 10.2. The number of thiophene rings is 2. The molecule has 0 amide bonds. The van der Waals surface area contributed by atoms with E-state index in [1.807, 2.05) is 11.4 Å². The summed E-state index contributed by atoms with van der Waals surface area (Å²) in [5.74, 6) is -0.528. The van der Waals surface area contributed by atoms with Crippen molar-refractivity contribution >= 4 is 61.9 Å². The number of rotatable bonds is 6. The molecule has 0 aliphatic carbocycles. The number of H-pyrrole nitrogens is 1. The molecule has 0 aliphatic heterocycles. The molecule has 17 heteroatoms. The number of nitro groups is 2. The summed E-state index contributed by atoms with van der Waals surface area (Å²) < 4.78 is 15.3. The van der Waals surface area contributed by atoms with Crippen LogP contribution < -0.4 is 10.3 Å². The lowest BCUT2D eigenvalue weighted by molar-refractivity contribution is -0.385. The van der Waals surface area contributed by atoms with E-state index in [-0.39, 0.29) is 39.4 Å². The van der Waals surface area contributed by atoms with E-state index in [1.165, 1.54) is 43.9 Å². The van der Waals surface area contributed by atoms with Gasteiger partial charge >= 0.3 is 11.9 Å². The molecule has 0 unspecified atom stereocenters. The Bertz CT molecular complexity index is 1500. The van der Waals surface area contributed by atoms with Gasteiger partial charge in [-0.15, -0.1) is 22.7 Å². The lowest BCUT2D eigenvalue weighted by Gasteiger charge is -2.04. The fourth-order valence-electron chi connectivity index (χ4n) is 2.35. The number of nitrogens with zero attached hydrogens (tertiary/aromatic N) is 3. The zero-order chi connectivity index (χ0) is 28.9. The van der Waals surface area contributed by atoms with Crippen molar-refractivity contribution in [3.05, 3.63) is 104 Å². The van der Waals surface area contributed by atoms with Crippen LogP contribution in [0.2, 0.25) is 0 Å². The Balaban J connectivity index is 0.000000225. The van der Waals surface area contributed by atoms with E-state index in [9.17, 15) is 34.6 Å². The Morgan fingerprint density at radius 3 is 2.08 bits per heavy atom. The number of aromatic amines is 1. The van der Waals surface area contributed by atoms with Crippen LogP contribution in [0.4, 0.5) is 11.4 Å². The van der Waals surface area contributed by atoms with Gasteiger partial charge in [-0.25, -0.2) is 14.6 Å². The number of ether oxygens (including phenoxy) is 3. The van der Waals surface area contributed by atoms with Gasteiger partial charge in [0.2, 0.25) is 11.4 Å². The predicted molar refractivity (Wildman–Crippen MR) is 144 cm³/mol. The summed E-state index contributed by atoms with van der Waals surface area (Å²) >= 11 is 5.73. The Morgan fingerprint density at radius 1 is 0.923 bits per heavy atom. The molecule has 0 spiro atoms. The molecule has 0 atom stereocenters. The summed E-state index contributed by atoms with van der Waals surface area (Å²) in [6, 6.07) is 8.08. The molecule has 0 aliphatic rings. The highest BCUT2D eigenvalue weighted by Gasteiger charge is 2.17. The molecule has 1 N–H and O–H groups in total. The number of nitrogens with one attached hydrogen (secondary N) is 1. The minimum Gasteiger partial charge on any atom is -0.465 e. The minimum atomic E-state index is -0.573. The number of pyridine rings is 2. The SMILES string of the molecule is COC(=O)c1sccc1Br.COC(=O)c1sccc1Oc1cc([N+](=O)[O-])ccn1.O=c1ccc([N+](=O)[O-])c[nH]1. The summed E-state index contributed by atoms with van der Waals surface area (Å²) in [4.78, 5) is 59.1. The summed E-state index contributed by atoms with van der Waals surface area (Å²) in [6.45, 7) is 0. The van der Waals surface area contributed by atoms with E-state index >= 15 is 0 Å². The Labute approximate surface area is 235 Å². The maximum Gasteiger partial charge on any atom is 0.351 e. The quantitative estimate of drug-likeness (QED) is 0.165. The van der Waals surface area contributed by atoms with Gasteiger partial charge in [0, 0.05) is 28.9 Å². The Kier molecular flexibility index (Phi) is 11.9. The molecule has 0 saturated carbocycles. The predicted octanol–water partition coefficient (Wildman–Crippen LogP) is 5.21. The van der Waals surface area contributed by atoms with Crippen molar-refractivity contribution in [3.63, 3.8) is 0 Å². The van der Waals surface area contributed by atoms with E-state index in [0.717, 1.165) is 34.1 Å². The molecular weight excluding hydrogens is 624 g/mol.